The minimum absolute atomic E-state index is 0.452. The number of benzene rings is 2. The highest BCUT2D eigenvalue weighted by molar-refractivity contribution is 5.98. The van der Waals surface area contributed by atoms with Crippen LogP contribution in [-0.4, -0.2) is 24.4 Å². The third-order valence-electron chi connectivity index (χ3n) is 3.28. The summed E-state index contributed by atoms with van der Waals surface area (Å²) in [5.74, 6) is 2.04. The lowest BCUT2D eigenvalue weighted by Gasteiger charge is -2.12. The zero-order valence-corrected chi connectivity index (χ0v) is 11.3. The highest BCUT2D eigenvalue weighted by Crippen LogP contribution is 2.39. The van der Waals surface area contributed by atoms with Gasteiger partial charge in [0.05, 0.1) is 19.9 Å². The highest BCUT2D eigenvalue weighted by atomic mass is 16.5. The first kappa shape index (κ1) is 12.3. The maximum Gasteiger partial charge on any atom is 0.145 e. The summed E-state index contributed by atoms with van der Waals surface area (Å²) < 4.78 is 11.0. The predicted molar refractivity (Wildman–Crippen MR) is 79.0 cm³/mol. The Hall–Kier alpha value is -2.69. The number of hydrogen-bond acceptors (Lipinski definition) is 4. The second kappa shape index (κ2) is 4.77. The molecule has 3 rings (SSSR count). The number of aromatic nitrogens is 2. The fourth-order valence-corrected chi connectivity index (χ4v) is 2.39. The first-order chi connectivity index (χ1) is 9.74. The zero-order chi connectivity index (χ0) is 14.1. The van der Waals surface area contributed by atoms with E-state index in [0.717, 1.165) is 33.5 Å². The molecule has 0 saturated carbocycles. The van der Waals surface area contributed by atoms with E-state index in [9.17, 15) is 0 Å². The second-order valence-corrected chi connectivity index (χ2v) is 4.41. The average molecular weight is 269 g/mol. The van der Waals surface area contributed by atoms with Crippen molar-refractivity contribution < 1.29 is 9.47 Å². The number of aromatic amines is 1. The summed E-state index contributed by atoms with van der Waals surface area (Å²) in [5, 5.41) is 8.84. The Labute approximate surface area is 116 Å². The molecule has 1 heterocycles. The van der Waals surface area contributed by atoms with Crippen LogP contribution in [0.5, 0.6) is 11.5 Å². The molecular formula is C15H15N3O2. The number of nitrogen functional groups attached to an aromatic ring is 1. The summed E-state index contributed by atoms with van der Waals surface area (Å²) >= 11 is 0. The molecule has 102 valence electrons. The number of nitrogens with zero attached hydrogens (tertiary/aromatic N) is 1. The summed E-state index contributed by atoms with van der Waals surface area (Å²) in [6, 6.07) is 11.6. The lowest BCUT2D eigenvalue weighted by Crippen LogP contribution is -1.92. The molecule has 0 aliphatic heterocycles. The molecule has 0 fully saturated rings. The summed E-state index contributed by atoms with van der Waals surface area (Å²) in [6.45, 7) is 0. The van der Waals surface area contributed by atoms with Crippen LogP contribution < -0.4 is 15.2 Å². The largest absolute Gasteiger partial charge is 0.496 e. The molecular weight excluding hydrogens is 254 g/mol. The maximum absolute atomic E-state index is 5.66. The van der Waals surface area contributed by atoms with Gasteiger partial charge in [-0.05, 0) is 18.2 Å². The molecule has 0 amide bonds. The van der Waals surface area contributed by atoms with Gasteiger partial charge in [0.2, 0.25) is 0 Å². The fourth-order valence-electron chi connectivity index (χ4n) is 2.39. The van der Waals surface area contributed by atoms with Gasteiger partial charge in [-0.15, -0.1) is 0 Å². The van der Waals surface area contributed by atoms with Crippen LogP contribution >= 0.6 is 0 Å². The predicted octanol–water partition coefficient (Wildman–Crippen LogP) is 2.83. The van der Waals surface area contributed by atoms with Crippen LogP contribution in [-0.2, 0) is 0 Å². The van der Waals surface area contributed by atoms with Gasteiger partial charge >= 0.3 is 0 Å². The van der Waals surface area contributed by atoms with E-state index in [0.29, 0.717) is 5.82 Å². The number of H-pyrrole nitrogens is 1. The van der Waals surface area contributed by atoms with Crippen LogP contribution in [0.2, 0.25) is 0 Å². The van der Waals surface area contributed by atoms with Gasteiger partial charge in [-0.25, -0.2) is 0 Å². The van der Waals surface area contributed by atoms with E-state index in [1.165, 1.54) is 0 Å². The fraction of sp³-hybridized carbons (Fsp3) is 0.133. The number of methoxy groups -OCH3 is 2. The Balaban J connectivity index is 2.30. The van der Waals surface area contributed by atoms with Gasteiger partial charge in [-0.3, -0.25) is 5.10 Å². The molecule has 0 atom stereocenters. The van der Waals surface area contributed by atoms with Crippen molar-refractivity contribution in [2.45, 2.75) is 0 Å². The van der Waals surface area contributed by atoms with Crippen molar-refractivity contribution in [2.24, 2.45) is 0 Å². The molecule has 0 radical (unpaired) electrons. The number of fused-ring (bicyclic) bond motifs is 1. The number of ether oxygens (including phenoxy) is 2. The normalized spacial score (nSPS) is 10.7. The number of hydrogen-bond donors (Lipinski definition) is 2. The minimum Gasteiger partial charge on any atom is -0.496 e. The number of nitrogens with two attached hydrogens (primary N) is 1. The Kier molecular flexibility index (Phi) is 2.95. The van der Waals surface area contributed by atoms with Gasteiger partial charge in [0.15, 0.2) is 0 Å². The number of anilines is 1. The molecule has 0 bridgehead atoms. The first-order valence-corrected chi connectivity index (χ1v) is 6.19. The van der Waals surface area contributed by atoms with Gasteiger partial charge in [-0.2, -0.15) is 5.10 Å². The van der Waals surface area contributed by atoms with Crippen molar-refractivity contribution in [1.82, 2.24) is 10.2 Å². The standard InChI is InChI=1S/C15H15N3O2/c1-19-13-5-3-4-10-9(13)6-7-11(15(10)20-2)12-8-14(16)18-17-12/h3-8H,1-2H3,(H3,16,17,18). The molecule has 2 aromatic carbocycles. The van der Waals surface area contributed by atoms with E-state index in [2.05, 4.69) is 10.2 Å². The highest BCUT2D eigenvalue weighted by Gasteiger charge is 2.13. The van der Waals surface area contributed by atoms with Crippen LogP contribution in [0.15, 0.2) is 36.4 Å². The van der Waals surface area contributed by atoms with Gasteiger partial charge in [-0.1, -0.05) is 12.1 Å². The Morgan fingerprint density at radius 1 is 1.05 bits per heavy atom. The molecule has 0 aliphatic carbocycles. The van der Waals surface area contributed by atoms with Crippen molar-refractivity contribution in [3.63, 3.8) is 0 Å². The molecule has 5 heteroatoms. The van der Waals surface area contributed by atoms with Crippen LogP contribution in [0.3, 0.4) is 0 Å². The van der Waals surface area contributed by atoms with E-state index >= 15 is 0 Å². The van der Waals surface area contributed by atoms with E-state index < -0.39 is 0 Å². The van der Waals surface area contributed by atoms with Crippen LogP contribution in [0.25, 0.3) is 22.0 Å². The quantitative estimate of drug-likeness (QED) is 0.766. The van der Waals surface area contributed by atoms with Crippen molar-refractivity contribution in [3.8, 4) is 22.8 Å². The first-order valence-electron chi connectivity index (χ1n) is 6.19. The summed E-state index contributed by atoms with van der Waals surface area (Å²) in [5.41, 5.74) is 7.40. The molecule has 3 aromatic rings. The van der Waals surface area contributed by atoms with E-state index in [1.807, 2.05) is 30.3 Å². The molecule has 3 N–H and O–H groups in total. The molecule has 0 spiro atoms. The van der Waals surface area contributed by atoms with Gasteiger partial charge < -0.3 is 15.2 Å². The van der Waals surface area contributed by atoms with Crippen molar-refractivity contribution in [2.75, 3.05) is 20.0 Å². The number of nitrogens with one attached hydrogen (secondary N) is 1. The topological polar surface area (TPSA) is 73.2 Å². The van der Waals surface area contributed by atoms with Crippen LogP contribution in [0, 0.1) is 0 Å². The van der Waals surface area contributed by atoms with Crippen molar-refractivity contribution in [1.29, 1.82) is 0 Å². The van der Waals surface area contributed by atoms with Crippen molar-refractivity contribution in [3.05, 3.63) is 36.4 Å². The average Bonchev–Trinajstić information content (AvgIpc) is 2.91. The molecule has 0 saturated heterocycles. The monoisotopic (exact) mass is 269 g/mol. The lowest BCUT2D eigenvalue weighted by atomic mass is 10.0. The summed E-state index contributed by atoms with van der Waals surface area (Å²) in [4.78, 5) is 0. The van der Waals surface area contributed by atoms with Crippen LogP contribution in [0.4, 0.5) is 5.82 Å². The third-order valence-corrected chi connectivity index (χ3v) is 3.28. The van der Waals surface area contributed by atoms with E-state index in [-0.39, 0.29) is 0 Å². The summed E-state index contributed by atoms with van der Waals surface area (Å²) in [7, 11) is 3.31. The smallest absolute Gasteiger partial charge is 0.145 e. The Bertz CT molecular complexity index is 765. The second-order valence-electron chi connectivity index (χ2n) is 4.41. The van der Waals surface area contributed by atoms with Gasteiger partial charge in [0, 0.05) is 22.4 Å². The molecule has 0 aliphatic rings. The molecule has 20 heavy (non-hydrogen) atoms. The molecule has 1 aromatic heterocycles. The summed E-state index contributed by atoms with van der Waals surface area (Å²) in [6.07, 6.45) is 0. The van der Waals surface area contributed by atoms with E-state index in [1.54, 1.807) is 20.3 Å². The molecule has 5 nitrogen and oxygen atoms in total. The van der Waals surface area contributed by atoms with Crippen LogP contribution in [0.1, 0.15) is 0 Å². The number of rotatable bonds is 3. The minimum atomic E-state index is 0.452. The van der Waals surface area contributed by atoms with E-state index in [4.69, 9.17) is 15.2 Å². The van der Waals surface area contributed by atoms with Crippen molar-refractivity contribution >= 4 is 16.6 Å². The lowest BCUT2D eigenvalue weighted by molar-refractivity contribution is 0.416. The van der Waals surface area contributed by atoms with Gasteiger partial charge in [0.25, 0.3) is 0 Å². The Morgan fingerprint density at radius 3 is 2.55 bits per heavy atom. The zero-order valence-electron chi connectivity index (χ0n) is 11.3. The molecule has 0 unspecified atom stereocenters. The Morgan fingerprint density at radius 2 is 1.90 bits per heavy atom. The van der Waals surface area contributed by atoms with Gasteiger partial charge in [0.1, 0.15) is 17.3 Å². The maximum atomic E-state index is 5.66. The SMILES string of the molecule is COc1cccc2c(OC)c(-c3cc(N)n[nH]3)ccc12. The third kappa shape index (κ3) is 1.84.